The number of piperazine rings is 1. The van der Waals surface area contributed by atoms with Crippen LogP contribution < -0.4 is 5.32 Å². The predicted molar refractivity (Wildman–Crippen MR) is 64.3 cm³/mol. The fourth-order valence-electron chi connectivity index (χ4n) is 3.11. The van der Waals surface area contributed by atoms with Gasteiger partial charge in [-0.3, -0.25) is 9.69 Å². The van der Waals surface area contributed by atoms with Gasteiger partial charge in [0.15, 0.2) is 0 Å². The SMILES string of the molecule is CN[C@H]1CC[C@@]2(CC1)C(=O)N(C)CCN2C. The van der Waals surface area contributed by atoms with Gasteiger partial charge >= 0.3 is 0 Å². The van der Waals surface area contributed by atoms with Gasteiger partial charge in [-0.2, -0.15) is 0 Å². The third-order valence-corrected chi connectivity index (χ3v) is 4.47. The van der Waals surface area contributed by atoms with Crippen LogP contribution in [0.2, 0.25) is 0 Å². The zero-order chi connectivity index (χ0) is 11.8. The Morgan fingerprint density at radius 2 is 1.88 bits per heavy atom. The average molecular weight is 225 g/mol. The van der Waals surface area contributed by atoms with Gasteiger partial charge in [0.2, 0.25) is 5.91 Å². The van der Waals surface area contributed by atoms with Crippen molar-refractivity contribution in [3.8, 4) is 0 Å². The fourth-order valence-corrected chi connectivity index (χ4v) is 3.11. The molecule has 0 unspecified atom stereocenters. The first kappa shape index (κ1) is 11.9. The van der Waals surface area contributed by atoms with Crippen LogP contribution in [0.3, 0.4) is 0 Å². The van der Waals surface area contributed by atoms with E-state index >= 15 is 0 Å². The van der Waals surface area contributed by atoms with Gasteiger partial charge in [-0.15, -0.1) is 0 Å². The maximum Gasteiger partial charge on any atom is 0.242 e. The van der Waals surface area contributed by atoms with Crippen molar-refractivity contribution in [3.05, 3.63) is 0 Å². The number of likely N-dealkylation sites (N-methyl/N-ethyl adjacent to an activating group) is 2. The number of amides is 1. The first-order chi connectivity index (χ1) is 7.60. The Kier molecular flexibility index (Phi) is 3.22. The number of nitrogens with one attached hydrogen (secondary N) is 1. The van der Waals surface area contributed by atoms with E-state index in [1.54, 1.807) is 0 Å². The number of hydrogen-bond donors (Lipinski definition) is 1. The van der Waals surface area contributed by atoms with Crippen LogP contribution in [0.1, 0.15) is 25.7 Å². The van der Waals surface area contributed by atoms with E-state index in [9.17, 15) is 4.79 Å². The summed E-state index contributed by atoms with van der Waals surface area (Å²) in [6, 6.07) is 0.596. The molecule has 1 saturated heterocycles. The average Bonchev–Trinajstić information content (AvgIpc) is 2.33. The van der Waals surface area contributed by atoms with Crippen molar-refractivity contribution in [2.45, 2.75) is 37.3 Å². The van der Waals surface area contributed by atoms with Crippen LogP contribution in [0.4, 0.5) is 0 Å². The molecule has 1 heterocycles. The molecule has 92 valence electrons. The second-order valence-electron chi connectivity index (χ2n) is 5.24. The molecule has 0 bridgehead atoms. The second-order valence-corrected chi connectivity index (χ2v) is 5.24. The van der Waals surface area contributed by atoms with E-state index in [0.717, 1.165) is 38.8 Å². The first-order valence-electron chi connectivity index (χ1n) is 6.24. The number of carbonyl (C=O) groups excluding carboxylic acids is 1. The molecule has 0 aromatic rings. The molecule has 0 radical (unpaired) electrons. The minimum absolute atomic E-state index is 0.194. The van der Waals surface area contributed by atoms with Gasteiger partial charge in [0.25, 0.3) is 0 Å². The van der Waals surface area contributed by atoms with Crippen molar-refractivity contribution in [1.82, 2.24) is 15.1 Å². The zero-order valence-corrected chi connectivity index (χ0v) is 10.6. The molecule has 16 heavy (non-hydrogen) atoms. The molecule has 2 rings (SSSR count). The van der Waals surface area contributed by atoms with Crippen molar-refractivity contribution >= 4 is 5.91 Å². The highest BCUT2D eigenvalue weighted by Crippen LogP contribution is 2.36. The Balaban J connectivity index is 2.13. The lowest BCUT2D eigenvalue weighted by Crippen LogP contribution is -2.65. The summed E-state index contributed by atoms with van der Waals surface area (Å²) in [5, 5.41) is 3.32. The molecule has 2 fully saturated rings. The Labute approximate surface area is 98.0 Å². The maximum atomic E-state index is 12.4. The predicted octanol–water partition coefficient (Wildman–Crippen LogP) is 0.291. The highest BCUT2D eigenvalue weighted by atomic mass is 16.2. The van der Waals surface area contributed by atoms with E-state index < -0.39 is 0 Å². The van der Waals surface area contributed by atoms with Crippen molar-refractivity contribution < 1.29 is 4.79 Å². The lowest BCUT2D eigenvalue weighted by molar-refractivity contribution is -0.151. The highest BCUT2D eigenvalue weighted by molar-refractivity contribution is 5.87. The summed E-state index contributed by atoms with van der Waals surface area (Å²) < 4.78 is 0. The molecule has 0 aromatic heterocycles. The molecule has 2 aliphatic rings. The zero-order valence-electron chi connectivity index (χ0n) is 10.6. The molecule has 1 N–H and O–H groups in total. The minimum atomic E-state index is -0.194. The second kappa shape index (κ2) is 4.34. The molecule has 0 aromatic carbocycles. The van der Waals surface area contributed by atoms with E-state index in [0.29, 0.717) is 11.9 Å². The summed E-state index contributed by atoms with van der Waals surface area (Å²) in [6.45, 7) is 1.87. The van der Waals surface area contributed by atoms with Crippen LogP contribution >= 0.6 is 0 Å². The Bertz CT molecular complexity index is 271. The Morgan fingerprint density at radius 1 is 1.25 bits per heavy atom. The standard InChI is InChI=1S/C12H23N3O/c1-13-10-4-6-12(7-5-10)11(16)14(2)8-9-15(12)3/h10,13H,4-9H2,1-3H3/t10-,12+. The summed E-state index contributed by atoms with van der Waals surface area (Å²) in [4.78, 5) is 16.6. The lowest BCUT2D eigenvalue weighted by atomic mass is 9.76. The molecular formula is C12H23N3O. The smallest absolute Gasteiger partial charge is 0.242 e. The Hall–Kier alpha value is -0.610. The molecule has 4 heteroatoms. The van der Waals surface area contributed by atoms with Crippen molar-refractivity contribution in [2.24, 2.45) is 0 Å². The van der Waals surface area contributed by atoms with E-state index in [1.807, 2.05) is 19.0 Å². The van der Waals surface area contributed by atoms with Gasteiger partial charge in [-0.05, 0) is 39.8 Å². The monoisotopic (exact) mass is 225 g/mol. The summed E-state index contributed by atoms with van der Waals surface area (Å²) in [6.07, 6.45) is 4.22. The van der Waals surface area contributed by atoms with Gasteiger partial charge in [-0.1, -0.05) is 0 Å². The van der Waals surface area contributed by atoms with Crippen LogP contribution in [0.25, 0.3) is 0 Å². The molecule has 1 aliphatic heterocycles. The van der Waals surface area contributed by atoms with Gasteiger partial charge in [-0.25, -0.2) is 0 Å². The summed E-state index contributed by atoms with van der Waals surface area (Å²) >= 11 is 0. The third kappa shape index (κ3) is 1.74. The summed E-state index contributed by atoms with van der Waals surface area (Å²) in [5.41, 5.74) is -0.194. The topological polar surface area (TPSA) is 35.6 Å². The number of nitrogens with zero attached hydrogens (tertiary/aromatic N) is 2. The highest BCUT2D eigenvalue weighted by Gasteiger charge is 2.48. The lowest BCUT2D eigenvalue weighted by Gasteiger charge is -2.50. The van der Waals surface area contributed by atoms with Gasteiger partial charge < -0.3 is 10.2 Å². The van der Waals surface area contributed by atoms with Crippen molar-refractivity contribution in [2.75, 3.05) is 34.2 Å². The number of hydrogen-bond acceptors (Lipinski definition) is 3. The maximum absolute atomic E-state index is 12.4. The van der Waals surface area contributed by atoms with E-state index in [2.05, 4.69) is 17.3 Å². The van der Waals surface area contributed by atoms with E-state index in [4.69, 9.17) is 0 Å². The van der Waals surface area contributed by atoms with Crippen molar-refractivity contribution in [3.63, 3.8) is 0 Å². The normalized spacial score (nSPS) is 37.1. The third-order valence-electron chi connectivity index (χ3n) is 4.47. The van der Waals surface area contributed by atoms with Gasteiger partial charge in [0.05, 0.1) is 0 Å². The van der Waals surface area contributed by atoms with Crippen LogP contribution in [-0.2, 0) is 4.79 Å². The number of rotatable bonds is 1. The Morgan fingerprint density at radius 3 is 2.44 bits per heavy atom. The molecule has 4 nitrogen and oxygen atoms in total. The molecule has 0 atom stereocenters. The molecule has 1 saturated carbocycles. The van der Waals surface area contributed by atoms with Gasteiger partial charge in [0, 0.05) is 26.2 Å². The van der Waals surface area contributed by atoms with E-state index in [-0.39, 0.29) is 5.54 Å². The largest absolute Gasteiger partial charge is 0.343 e. The van der Waals surface area contributed by atoms with Crippen LogP contribution in [-0.4, -0.2) is 61.5 Å². The summed E-state index contributed by atoms with van der Waals surface area (Å²) in [5.74, 6) is 0.329. The fraction of sp³-hybridized carbons (Fsp3) is 0.917. The number of carbonyl (C=O) groups is 1. The summed E-state index contributed by atoms with van der Waals surface area (Å²) in [7, 11) is 6.05. The quantitative estimate of drug-likeness (QED) is 0.697. The molecule has 1 spiro atoms. The van der Waals surface area contributed by atoms with E-state index in [1.165, 1.54) is 0 Å². The first-order valence-corrected chi connectivity index (χ1v) is 6.24. The van der Waals surface area contributed by atoms with Crippen LogP contribution in [0.5, 0.6) is 0 Å². The molecular weight excluding hydrogens is 202 g/mol. The van der Waals surface area contributed by atoms with Gasteiger partial charge in [0.1, 0.15) is 5.54 Å². The van der Waals surface area contributed by atoms with Crippen LogP contribution in [0.15, 0.2) is 0 Å². The molecule has 1 aliphatic carbocycles. The minimum Gasteiger partial charge on any atom is -0.343 e. The molecule has 1 amide bonds. The van der Waals surface area contributed by atoms with Crippen LogP contribution in [0, 0.1) is 0 Å². The van der Waals surface area contributed by atoms with Crippen molar-refractivity contribution in [1.29, 1.82) is 0 Å².